The lowest BCUT2D eigenvalue weighted by Gasteiger charge is -2.23. The summed E-state index contributed by atoms with van der Waals surface area (Å²) in [6.07, 6.45) is 10.0. The van der Waals surface area contributed by atoms with Gasteiger partial charge in [-0.15, -0.1) is 0 Å². The standard InChI is InChI=1S/C15H29N3O/c16-10-13-8-9-18(11-13)12-15(19)17-14-6-4-2-1-3-5-7-14/h13-14H,1-12,16H2,(H,17,19). The van der Waals surface area contributed by atoms with Crippen LogP contribution in [0.3, 0.4) is 0 Å². The number of nitrogens with zero attached hydrogens (tertiary/aromatic N) is 1. The molecule has 3 N–H and O–H groups in total. The first-order valence-corrected chi connectivity index (χ1v) is 7.99. The lowest BCUT2D eigenvalue weighted by atomic mass is 9.97. The third kappa shape index (κ3) is 5.11. The summed E-state index contributed by atoms with van der Waals surface area (Å²) in [6, 6.07) is 0.417. The molecule has 0 aromatic rings. The van der Waals surface area contributed by atoms with Gasteiger partial charge in [0.1, 0.15) is 0 Å². The van der Waals surface area contributed by atoms with Gasteiger partial charge in [-0.3, -0.25) is 9.69 Å². The van der Waals surface area contributed by atoms with E-state index in [4.69, 9.17) is 5.73 Å². The van der Waals surface area contributed by atoms with Gasteiger partial charge in [0.15, 0.2) is 0 Å². The minimum atomic E-state index is 0.211. The smallest absolute Gasteiger partial charge is 0.234 e. The Bertz CT molecular complexity index is 275. The van der Waals surface area contributed by atoms with Crippen LogP contribution in [-0.2, 0) is 4.79 Å². The predicted molar refractivity (Wildman–Crippen MR) is 77.9 cm³/mol. The number of hydrogen-bond donors (Lipinski definition) is 2. The second-order valence-corrected chi connectivity index (χ2v) is 6.24. The molecule has 2 aliphatic rings. The summed E-state index contributed by atoms with van der Waals surface area (Å²) in [5, 5.41) is 3.23. The van der Waals surface area contributed by atoms with Crippen LogP contribution in [0.5, 0.6) is 0 Å². The molecule has 0 aromatic carbocycles. The number of carbonyl (C=O) groups excluding carboxylic acids is 1. The second kappa shape index (κ2) is 7.85. The molecule has 0 aromatic heterocycles. The SMILES string of the molecule is NCC1CCN(CC(=O)NC2CCCCCCC2)C1. The molecule has 110 valence electrons. The normalized spacial score (nSPS) is 26.9. The first kappa shape index (κ1) is 14.8. The Morgan fingerprint density at radius 3 is 2.42 bits per heavy atom. The third-order valence-corrected chi connectivity index (χ3v) is 4.54. The molecule has 1 aliphatic heterocycles. The van der Waals surface area contributed by atoms with Gasteiger partial charge in [-0.05, 0) is 38.3 Å². The van der Waals surface area contributed by atoms with Gasteiger partial charge in [0.25, 0.3) is 0 Å². The first-order valence-electron chi connectivity index (χ1n) is 7.99. The van der Waals surface area contributed by atoms with Crippen molar-refractivity contribution in [1.29, 1.82) is 0 Å². The third-order valence-electron chi connectivity index (χ3n) is 4.54. The highest BCUT2D eigenvalue weighted by atomic mass is 16.2. The molecule has 1 heterocycles. The summed E-state index contributed by atoms with van der Waals surface area (Å²) in [7, 11) is 0. The van der Waals surface area contributed by atoms with Gasteiger partial charge < -0.3 is 11.1 Å². The van der Waals surface area contributed by atoms with Crippen molar-refractivity contribution in [2.24, 2.45) is 11.7 Å². The molecule has 1 aliphatic carbocycles. The van der Waals surface area contributed by atoms with Gasteiger partial charge in [-0.1, -0.05) is 32.1 Å². The summed E-state index contributed by atoms with van der Waals surface area (Å²) in [6.45, 7) is 3.34. The molecular weight excluding hydrogens is 238 g/mol. The fourth-order valence-corrected chi connectivity index (χ4v) is 3.33. The predicted octanol–water partition coefficient (Wildman–Crippen LogP) is 1.50. The zero-order valence-electron chi connectivity index (χ0n) is 12.1. The molecule has 4 nitrogen and oxygen atoms in total. The molecule has 1 unspecified atom stereocenters. The van der Waals surface area contributed by atoms with Crippen LogP contribution in [0, 0.1) is 5.92 Å². The Labute approximate surface area is 117 Å². The van der Waals surface area contributed by atoms with Crippen LogP contribution >= 0.6 is 0 Å². The van der Waals surface area contributed by atoms with E-state index in [1.807, 2.05) is 0 Å². The molecule has 1 atom stereocenters. The fraction of sp³-hybridized carbons (Fsp3) is 0.933. The number of carbonyl (C=O) groups is 1. The topological polar surface area (TPSA) is 58.4 Å². The molecule has 1 amide bonds. The number of amides is 1. The number of nitrogens with one attached hydrogen (secondary N) is 1. The summed E-state index contributed by atoms with van der Waals surface area (Å²) in [5.41, 5.74) is 5.68. The van der Waals surface area contributed by atoms with Crippen molar-refractivity contribution in [3.8, 4) is 0 Å². The van der Waals surface area contributed by atoms with Crippen LogP contribution in [0.4, 0.5) is 0 Å². The molecule has 0 bridgehead atoms. The van der Waals surface area contributed by atoms with E-state index in [0.717, 1.165) is 38.9 Å². The van der Waals surface area contributed by atoms with Crippen LogP contribution in [0.2, 0.25) is 0 Å². The fourth-order valence-electron chi connectivity index (χ4n) is 3.33. The Hall–Kier alpha value is -0.610. The maximum Gasteiger partial charge on any atom is 0.234 e. The maximum atomic E-state index is 12.1. The van der Waals surface area contributed by atoms with Crippen LogP contribution in [0.15, 0.2) is 0 Å². The van der Waals surface area contributed by atoms with Gasteiger partial charge in [0.05, 0.1) is 6.54 Å². The Morgan fingerprint density at radius 2 is 1.79 bits per heavy atom. The van der Waals surface area contributed by atoms with Crippen molar-refractivity contribution < 1.29 is 4.79 Å². The lowest BCUT2D eigenvalue weighted by Crippen LogP contribution is -2.42. The van der Waals surface area contributed by atoms with Gasteiger partial charge in [-0.2, -0.15) is 0 Å². The lowest BCUT2D eigenvalue weighted by molar-refractivity contribution is -0.122. The highest BCUT2D eigenvalue weighted by molar-refractivity contribution is 5.78. The number of nitrogens with two attached hydrogens (primary N) is 1. The quantitative estimate of drug-likeness (QED) is 0.811. The molecule has 2 fully saturated rings. The maximum absolute atomic E-state index is 12.1. The van der Waals surface area contributed by atoms with Crippen molar-refractivity contribution in [3.05, 3.63) is 0 Å². The van der Waals surface area contributed by atoms with Gasteiger partial charge in [0.2, 0.25) is 5.91 Å². The minimum absolute atomic E-state index is 0.211. The van der Waals surface area contributed by atoms with Crippen molar-refractivity contribution in [3.63, 3.8) is 0 Å². The number of rotatable bonds is 4. The van der Waals surface area contributed by atoms with E-state index < -0.39 is 0 Å². The molecule has 1 saturated carbocycles. The molecular formula is C15H29N3O. The summed E-state index contributed by atoms with van der Waals surface area (Å²) < 4.78 is 0. The van der Waals surface area contributed by atoms with Crippen LogP contribution < -0.4 is 11.1 Å². The van der Waals surface area contributed by atoms with E-state index in [1.165, 1.54) is 32.1 Å². The molecule has 19 heavy (non-hydrogen) atoms. The van der Waals surface area contributed by atoms with Crippen molar-refractivity contribution in [2.75, 3.05) is 26.2 Å². The van der Waals surface area contributed by atoms with Crippen LogP contribution in [0.1, 0.15) is 51.4 Å². The second-order valence-electron chi connectivity index (χ2n) is 6.24. The number of likely N-dealkylation sites (tertiary alicyclic amines) is 1. The van der Waals surface area contributed by atoms with Crippen molar-refractivity contribution >= 4 is 5.91 Å². The molecule has 4 heteroatoms. The van der Waals surface area contributed by atoms with E-state index in [2.05, 4.69) is 10.2 Å². The molecule has 1 saturated heterocycles. The van der Waals surface area contributed by atoms with E-state index >= 15 is 0 Å². The summed E-state index contributed by atoms with van der Waals surface area (Å²) >= 11 is 0. The van der Waals surface area contributed by atoms with Gasteiger partial charge in [0, 0.05) is 12.6 Å². The first-order chi connectivity index (χ1) is 9.28. The van der Waals surface area contributed by atoms with Gasteiger partial charge >= 0.3 is 0 Å². The van der Waals surface area contributed by atoms with Gasteiger partial charge in [-0.25, -0.2) is 0 Å². The Kier molecular flexibility index (Phi) is 6.11. The average molecular weight is 267 g/mol. The molecule has 0 radical (unpaired) electrons. The Balaban J connectivity index is 1.68. The average Bonchev–Trinajstić information content (AvgIpc) is 2.80. The van der Waals surface area contributed by atoms with Crippen molar-refractivity contribution in [2.45, 2.75) is 57.4 Å². The Morgan fingerprint density at radius 1 is 1.11 bits per heavy atom. The summed E-state index contributed by atoms with van der Waals surface area (Å²) in [4.78, 5) is 14.3. The van der Waals surface area contributed by atoms with Crippen molar-refractivity contribution in [1.82, 2.24) is 10.2 Å². The van der Waals surface area contributed by atoms with Crippen LogP contribution in [-0.4, -0.2) is 43.0 Å². The largest absolute Gasteiger partial charge is 0.352 e. The zero-order valence-corrected chi connectivity index (χ0v) is 12.1. The number of hydrogen-bond acceptors (Lipinski definition) is 3. The van der Waals surface area contributed by atoms with E-state index in [-0.39, 0.29) is 5.91 Å². The minimum Gasteiger partial charge on any atom is -0.352 e. The summed E-state index contributed by atoms with van der Waals surface area (Å²) in [5.74, 6) is 0.803. The molecule has 2 rings (SSSR count). The van der Waals surface area contributed by atoms with E-state index in [0.29, 0.717) is 18.5 Å². The van der Waals surface area contributed by atoms with E-state index in [1.54, 1.807) is 0 Å². The highest BCUT2D eigenvalue weighted by Gasteiger charge is 2.23. The highest BCUT2D eigenvalue weighted by Crippen LogP contribution is 2.17. The van der Waals surface area contributed by atoms with Crippen LogP contribution in [0.25, 0.3) is 0 Å². The monoisotopic (exact) mass is 267 g/mol. The van der Waals surface area contributed by atoms with E-state index in [9.17, 15) is 4.79 Å². The molecule has 0 spiro atoms. The zero-order chi connectivity index (χ0) is 13.5.